The van der Waals surface area contributed by atoms with Gasteiger partial charge in [0.05, 0.1) is 5.57 Å². The number of benzene rings is 1. The number of hydrogen-bond acceptors (Lipinski definition) is 4. The standard InChI is InChI=1S/C12H13NO3/c1-2-13-11-4-3-10(12(16)6-11)5-9(7-14)8-15/h3-8,13,16H,2H2,1H3. The van der Waals surface area contributed by atoms with Gasteiger partial charge < -0.3 is 10.4 Å². The Labute approximate surface area is 93.6 Å². The third kappa shape index (κ3) is 2.95. The number of aldehydes is 2. The zero-order valence-electron chi connectivity index (χ0n) is 8.93. The van der Waals surface area contributed by atoms with E-state index in [1.165, 1.54) is 6.08 Å². The molecule has 0 aliphatic carbocycles. The highest BCUT2D eigenvalue weighted by Crippen LogP contribution is 2.23. The molecule has 0 amide bonds. The minimum atomic E-state index is -0.00787. The third-order valence-electron chi connectivity index (χ3n) is 2.01. The maximum absolute atomic E-state index is 10.4. The van der Waals surface area contributed by atoms with E-state index in [4.69, 9.17) is 0 Å². The van der Waals surface area contributed by atoms with Crippen LogP contribution in [0.5, 0.6) is 5.75 Å². The Morgan fingerprint density at radius 1 is 1.38 bits per heavy atom. The second-order valence-corrected chi connectivity index (χ2v) is 3.18. The van der Waals surface area contributed by atoms with Crippen molar-refractivity contribution in [3.8, 4) is 5.75 Å². The van der Waals surface area contributed by atoms with Gasteiger partial charge in [-0.25, -0.2) is 0 Å². The molecule has 0 aliphatic rings. The summed E-state index contributed by atoms with van der Waals surface area (Å²) in [5.41, 5.74) is 1.22. The Bertz CT molecular complexity index is 414. The molecule has 0 atom stereocenters. The van der Waals surface area contributed by atoms with Gasteiger partial charge in [-0.3, -0.25) is 9.59 Å². The summed E-state index contributed by atoms with van der Waals surface area (Å²) >= 11 is 0. The number of carbonyl (C=O) groups is 2. The summed E-state index contributed by atoms with van der Waals surface area (Å²) in [6.45, 7) is 2.70. The van der Waals surface area contributed by atoms with E-state index >= 15 is 0 Å². The predicted octanol–water partition coefficient (Wildman–Crippen LogP) is 1.61. The second-order valence-electron chi connectivity index (χ2n) is 3.18. The molecule has 4 nitrogen and oxygen atoms in total. The van der Waals surface area contributed by atoms with Crippen LogP contribution in [0.25, 0.3) is 6.08 Å². The van der Waals surface area contributed by atoms with E-state index in [0.29, 0.717) is 18.1 Å². The van der Waals surface area contributed by atoms with Crippen molar-refractivity contribution >= 4 is 24.3 Å². The lowest BCUT2D eigenvalue weighted by Gasteiger charge is -2.05. The summed E-state index contributed by atoms with van der Waals surface area (Å²) in [5.74, 6) is 0.0275. The molecule has 0 fully saturated rings. The van der Waals surface area contributed by atoms with Crippen molar-refractivity contribution in [2.24, 2.45) is 0 Å². The number of allylic oxidation sites excluding steroid dienone is 1. The summed E-state index contributed by atoms with van der Waals surface area (Å²) in [7, 11) is 0. The van der Waals surface area contributed by atoms with E-state index < -0.39 is 0 Å². The Balaban J connectivity index is 3.03. The van der Waals surface area contributed by atoms with Gasteiger partial charge in [-0.05, 0) is 25.1 Å². The van der Waals surface area contributed by atoms with Gasteiger partial charge in [-0.2, -0.15) is 0 Å². The van der Waals surface area contributed by atoms with E-state index in [1.807, 2.05) is 6.92 Å². The third-order valence-corrected chi connectivity index (χ3v) is 2.01. The topological polar surface area (TPSA) is 66.4 Å². The molecule has 4 heteroatoms. The zero-order chi connectivity index (χ0) is 12.0. The molecule has 16 heavy (non-hydrogen) atoms. The highest BCUT2D eigenvalue weighted by Gasteiger charge is 2.01. The minimum Gasteiger partial charge on any atom is -0.507 e. The molecule has 84 valence electrons. The first kappa shape index (κ1) is 12.0. The number of rotatable bonds is 5. The van der Waals surface area contributed by atoms with Crippen molar-refractivity contribution in [1.29, 1.82) is 0 Å². The van der Waals surface area contributed by atoms with Crippen molar-refractivity contribution in [1.82, 2.24) is 0 Å². The zero-order valence-corrected chi connectivity index (χ0v) is 8.93. The summed E-state index contributed by atoms with van der Waals surface area (Å²) in [6, 6.07) is 4.95. The highest BCUT2D eigenvalue weighted by molar-refractivity contribution is 6.04. The summed E-state index contributed by atoms with van der Waals surface area (Å²) in [4.78, 5) is 20.9. The van der Waals surface area contributed by atoms with Crippen LogP contribution >= 0.6 is 0 Å². The van der Waals surface area contributed by atoms with Crippen LogP contribution in [0.4, 0.5) is 5.69 Å². The van der Waals surface area contributed by atoms with Crippen molar-refractivity contribution in [2.45, 2.75) is 6.92 Å². The molecule has 0 heterocycles. The average Bonchev–Trinajstić information content (AvgIpc) is 2.29. The van der Waals surface area contributed by atoms with Crippen LogP contribution in [0.15, 0.2) is 23.8 Å². The van der Waals surface area contributed by atoms with Gasteiger partial charge in [0.2, 0.25) is 0 Å². The SMILES string of the molecule is CCNc1ccc(C=C(C=O)C=O)c(O)c1. The maximum Gasteiger partial charge on any atom is 0.153 e. The fourth-order valence-corrected chi connectivity index (χ4v) is 1.26. The van der Waals surface area contributed by atoms with Crippen LogP contribution < -0.4 is 5.32 Å². The summed E-state index contributed by atoms with van der Waals surface area (Å²) in [6.07, 6.45) is 2.24. The lowest BCUT2D eigenvalue weighted by Crippen LogP contribution is -1.96. The monoisotopic (exact) mass is 219 g/mol. The van der Waals surface area contributed by atoms with Crippen LogP contribution in [0, 0.1) is 0 Å². The number of nitrogens with one attached hydrogen (secondary N) is 1. The fourth-order valence-electron chi connectivity index (χ4n) is 1.26. The highest BCUT2D eigenvalue weighted by atomic mass is 16.3. The van der Waals surface area contributed by atoms with Crippen molar-refractivity contribution in [2.75, 3.05) is 11.9 Å². The number of phenolic OH excluding ortho intramolecular Hbond substituents is 1. The van der Waals surface area contributed by atoms with Crippen LogP contribution in [0.1, 0.15) is 12.5 Å². The summed E-state index contributed by atoms with van der Waals surface area (Å²) < 4.78 is 0. The molecule has 0 aliphatic heterocycles. The fraction of sp³-hybridized carbons (Fsp3) is 0.167. The molecule has 0 saturated carbocycles. The number of hydrogen-bond donors (Lipinski definition) is 2. The van der Waals surface area contributed by atoms with Crippen LogP contribution in [0.3, 0.4) is 0 Å². The molecule has 1 aromatic carbocycles. The van der Waals surface area contributed by atoms with Crippen molar-refractivity contribution in [3.05, 3.63) is 29.3 Å². The van der Waals surface area contributed by atoms with Crippen molar-refractivity contribution < 1.29 is 14.7 Å². The quantitative estimate of drug-likeness (QED) is 0.341. The van der Waals surface area contributed by atoms with Gasteiger partial charge in [0.15, 0.2) is 12.6 Å². The number of anilines is 1. The molecule has 2 N–H and O–H groups in total. The van der Waals surface area contributed by atoms with E-state index in [1.54, 1.807) is 18.2 Å². The average molecular weight is 219 g/mol. The van der Waals surface area contributed by atoms with Gasteiger partial charge in [0.1, 0.15) is 5.75 Å². The largest absolute Gasteiger partial charge is 0.507 e. The first-order valence-electron chi connectivity index (χ1n) is 4.90. The van der Waals surface area contributed by atoms with E-state index in [-0.39, 0.29) is 11.3 Å². The van der Waals surface area contributed by atoms with E-state index in [9.17, 15) is 14.7 Å². The van der Waals surface area contributed by atoms with Gasteiger partial charge in [-0.15, -0.1) is 0 Å². The molecule has 0 bridgehead atoms. The molecule has 0 spiro atoms. The lowest BCUT2D eigenvalue weighted by atomic mass is 10.1. The molecule has 0 aromatic heterocycles. The Hall–Kier alpha value is -2.10. The van der Waals surface area contributed by atoms with E-state index in [0.717, 1.165) is 12.2 Å². The Kier molecular flexibility index (Phi) is 4.27. The molecular formula is C12H13NO3. The van der Waals surface area contributed by atoms with Gasteiger partial charge in [0, 0.05) is 23.9 Å². The normalized spacial score (nSPS) is 9.31. The predicted molar refractivity (Wildman–Crippen MR) is 62.4 cm³/mol. The number of phenols is 1. The van der Waals surface area contributed by atoms with Gasteiger partial charge >= 0.3 is 0 Å². The van der Waals surface area contributed by atoms with E-state index in [2.05, 4.69) is 5.32 Å². The first-order chi connectivity index (χ1) is 7.71. The van der Waals surface area contributed by atoms with Crippen LogP contribution in [0.2, 0.25) is 0 Å². The molecule has 0 saturated heterocycles. The Morgan fingerprint density at radius 2 is 2.06 bits per heavy atom. The molecule has 1 rings (SSSR count). The van der Waals surface area contributed by atoms with Crippen LogP contribution in [-0.2, 0) is 9.59 Å². The lowest BCUT2D eigenvalue weighted by molar-refractivity contribution is -0.109. The van der Waals surface area contributed by atoms with Gasteiger partial charge in [0.25, 0.3) is 0 Å². The second kappa shape index (κ2) is 5.70. The van der Waals surface area contributed by atoms with Crippen molar-refractivity contribution in [3.63, 3.8) is 0 Å². The van der Waals surface area contributed by atoms with Gasteiger partial charge in [-0.1, -0.05) is 0 Å². The molecule has 0 unspecified atom stereocenters. The minimum absolute atomic E-state index is 0.00787. The maximum atomic E-state index is 10.4. The smallest absolute Gasteiger partial charge is 0.153 e. The number of carbonyl (C=O) groups excluding carboxylic acids is 2. The van der Waals surface area contributed by atoms with Crippen LogP contribution in [-0.4, -0.2) is 24.2 Å². The summed E-state index contributed by atoms with van der Waals surface area (Å²) in [5, 5.41) is 12.7. The number of aromatic hydroxyl groups is 1. The molecule has 1 aromatic rings. The Morgan fingerprint density at radius 3 is 2.56 bits per heavy atom. The molecular weight excluding hydrogens is 206 g/mol. The molecule has 0 radical (unpaired) electrons. The first-order valence-corrected chi connectivity index (χ1v) is 4.90.